The van der Waals surface area contributed by atoms with Gasteiger partial charge in [0.15, 0.2) is 0 Å². The highest BCUT2D eigenvalue weighted by atomic mass is 16.1. The van der Waals surface area contributed by atoms with Gasteiger partial charge >= 0.3 is 0 Å². The first-order chi connectivity index (χ1) is 5.77. The quantitative estimate of drug-likeness (QED) is 0.562. The number of rotatable bonds is 1. The lowest BCUT2D eigenvalue weighted by Gasteiger charge is -2.11. The summed E-state index contributed by atoms with van der Waals surface area (Å²) in [6.07, 6.45) is 3.33. The lowest BCUT2D eigenvalue weighted by molar-refractivity contribution is 0.596. The number of H-pyrrole nitrogens is 2. The van der Waals surface area contributed by atoms with Gasteiger partial charge in [-0.1, -0.05) is 6.42 Å². The highest BCUT2D eigenvalue weighted by molar-refractivity contribution is 5.11. The van der Waals surface area contributed by atoms with E-state index < -0.39 is 0 Å². The first kappa shape index (κ1) is 7.61. The molecule has 1 saturated carbocycles. The molecule has 1 aromatic rings. The Hall–Kier alpha value is -1.03. The van der Waals surface area contributed by atoms with Crippen molar-refractivity contribution in [2.24, 2.45) is 5.73 Å². The second kappa shape index (κ2) is 2.79. The van der Waals surface area contributed by atoms with E-state index in [0.717, 1.165) is 18.5 Å². The smallest absolute Gasteiger partial charge is 0.264 e. The van der Waals surface area contributed by atoms with E-state index in [2.05, 4.69) is 10.2 Å². The second-order valence-corrected chi connectivity index (χ2v) is 3.42. The van der Waals surface area contributed by atoms with Crippen LogP contribution in [-0.2, 0) is 0 Å². The Morgan fingerprint density at radius 2 is 2.25 bits per heavy atom. The van der Waals surface area contributed by atoms with E-state index in [1.807, 2.05) is 0 Å². The van der Waals surface area contributed by atoms with Crippen molar-refractivity contribution in [3.05, 3.63) is 22.1 Å². The van der Waals surface area contributed by atoms with Gasteiger partial charge in [0, 0.05) is 23.7 Å². The highest BCUT2D eigenvalue weighted by Gasteiger charge is 2.26. The summed E-state index contributed by atoms with van der Waals surface area (Å²) in [6, 6.07) is 1.83. The van der Waals surface area contributed by atoms with Crippen LogP contribution in [0.3, 0.4) is 0 Å². The molecule has 0 bridgehead atoms. The number of aromatic amines is 2. The zero-order valence-corrected chi connectivity index (χ0v) is 6.84. The van der Waals surface area contributed by atoms with Crippen LogP contribution >= 0.6 is 0 Å². The molecule has 1 fully saturated rings. The molecule has 1 aliphatic rings. The Morgan fingerprint density at radius 3 is 2.75 bits per heavy atom. The molecule has 0 amide bonds. The summed E-state index contributed by atoms with van der Waals surface area (Å²) in [5.41, 5.74) is 6.78. The molecule has 0 saturated heterocycles. The van der Waals surface area contributed by atoms with E-state index in [1.54, 1.807) is 6.07 Å². The van der Waals surface area contributed by atoms with Crippen molar-refractivity contribution in [3.63, 3.8) is 0 Å². The summed E-state index contributed by atoms with van der Waals surface area (Å²) in [7, 11) is 0. The van der Waals surface area contributed by atoms with Gasteiger partial charge in [0.05, 0.1) is 0 Å². The van der Waals surface area contributed by atoms with Crippen molar-refractivity contribution in [1.29, 1.82) is 0 Å². The molecule has 1 aliphatic carbocycles. The third-order valence-corrected chi connectivity index (χ3v) is 2.59. The van der Waals surface area contributed by atoms with Crippen LogP contribution in [0.5, 0.6) is 0 Å². The summed E-state index contributed by atoms with van der Waals surface area (Å²) >= 11 is 0. The minimum absolute atomic E-state index is 0.0656. The van der Waals surface area contributed by atoms with Crippen molar-refractivity contribution in [2.45, 2.75) is 31.2 Å². The van der Waals surface area contributed by atoms with Gasteiger partial charge in [-0.3, -0.25) is 9.89 Å². The van der Waals surface area contributed by atoms with Gasteiger partial charge in [-0.2, -0.15) is 0 Å². The number of hydrogen-bond acceptors (Lipinski definition) is 2. The summed E-state index contributed by atoms with van der Waals surface area (Å²) in [6.45, 7) is 0. The topological polar surface area (TPSA) is 74.7 Å². The average molecular weight is 167 g/mol. The Bertz CT molecular complexity index is 314. The van der Waals surface area contributed by atoms with Crippen LogP contribution in [0.2, 0.25) is 0 Å². The first-order valence-electron chi connectivity index (χ1n) is 4.30. The fourth-order valence-corrected chi connectivity index (χ4v) is 1.92. The van der Waals surface area contributed by atoms with E-state index in [1.165, 1.54) is 6.42 Å². The van der Waals surface area contributed by atoms with Crippen LogP contribution < -0.4 is 11.3 Å². The lowest BCUT2D eigenvalue weighted by Crippen LogP contribution is -2.22. The predicted molar refractivity (Wildman–Crippen MR) is 46.0 cm³/mol. The largest absolute Gasteiger partial charge is 0.327 e. The maximum atomic E-state index is 10.8. The van der Waals surface area contributed by atoms with Gasteiger partial charge in [0.1, 0.15) is 0 Å². The average Bonchev–Trinajstić information content (AvgIpc) is 2.58. The van der Waals surface area contributed by atoms with Gasteiger partial charge in [-0.05, 0) is 12.8 Å². The van der Waals surface area contributed by atoms with E-state index in [-0.39, 0.29) is 11.6 Å². The first-order valence-corrected chi connectivity index (χ1v) is 4.30. The fourth-order valence-electron chi connectivity index (χ4n) is 1.92. The molecule has 0 aromatic carbocycles. The molecule has 4 heteroatoms. The minimum Gasteiger partial charge on any atom is -0.327 e. The number of hydrogen-bond donors (Lipinski definition) is 3. The van der Waals surface area contributed by atoms with Gasteiger partial charge in [-0.15, -0.1) is 0 Å². The van der Waals surface area contributed by atoms with Gasteiger partial charge < -0.3 is 10.8 Å². The number of nitrogens with two attached hydrogens (primary N) is 1. The van der Waals surface area contributed by atoms with Crippen molar-refractivity contribution in [3.8, 4) is 0 Å². The molecular formula is C8H13N3O. The number of aromatic nitrogens is 2. The van der Waals surface area contributed by atoms with Crippen LogP contribution in [0.1, 0.15) is 30.9 Å². The Labute approximate surface area is 70.1 Å². The van der Waals surface area contributed by atoms with Crippen LogP contribution in [-0.4, -0.2) is 16.2 Å². The van der Waals surface area contributed by atoms with Crippen molar-refractivity contribution < 1.29 is 0 Å². The molecule has 1 heterocycles. The third-order valence-electron chi connectivity index (χ3n) is 2.59. The summed E-state index contributed by atoms with van der Waals surface area (Å²) < 4.78 is 0. The molecule has 2 unspecified atom stereocenters. The summed E-state index contributed by atoms with van der Waals surface area (Å²) in [4.78, 5) is 10.8. The normalized spacial score (nSPS) is 29.4. The third kappa shape index (κ3) is 1.18. The summed E-state index contributed by atoms with van der Waals surface area (Å²) in [5, 5.41) is 5.39. The van der Waals surface area contributed by atoms with Gasteiger partial charge in [0.25, 0.3) is 5.56 Å². The molecule has 0 aliphatic heterocycles. The Morgan fingerprint density at radius 1 is 1.42 bits per heavy atom. The maximum absolute atomic E-state index is 10.8. The SMILES string of the molecule is NC1CCCC1c1cc(=O)[nH][nH]1. The predicted octanol–water partition coefficient (Wildman–Crippen LogP) is 0.298. The molecule has 2 atom stereocenters. The van der Waals surface area contributed by atoms with Crippen LogP contribution in [0.15, 0.2) is 10.9 Å². The molecular weight excluding hydrogens is 154 g/mol. The molecule has 12 heavy (non-hydrogen) atoms. The molecule has 66 valence electrons. The minimum atomic E-state index is -0.0656. The Kier molecular flexibility index (Phi) is 1.77. The van der Waals surface area contributed by atoms with Crippen LogP contribution in [0.4, 0.5) is 0 Å². The van der Waals surface area contributed by atoms with E-state index >= 15 is 0 Å². The summed E-state index contributed by atoms with van der Waals surface area (Å²) in [5.74, 6) is 0.351. The van der Waals surface area contributed by atoms with Crippen LogP contribution in [0, 0.1) is 0 Å². The molecule has 2 rings (SSSR count). The fraction of sp³-hybridized carbons (Fsp3) is 0.625. The molecule has 1 aromatic heterocycles. The zero-order valence-electron chi connectivity index (χ0n) is 6.84. The monoisotopic (exact) mass is 167 g/mol. The standard InChI is InChI=1S/C8H13N3O/c9-6-3-1-2-5(6)7-4-8(12)11-10-7/h4-6H,1-3,9H2,(H2,10,11,12). The van der Waals surface area contributed by atoms with Gasteiger partial charge in [-0.25, -0.2) is 0 Å². The van der Waals surface area contributed by atoms with E-state index in [0.29, 0.717) is 5.92 Å². The molecule has 4 nitrogen and oxygen atoms in total. The van der Waals surface area contributed by atoms with Crippen molar-refractivity contribution in [2.75, 3.05) is 0 Å². The van der Waals surface area contributed by atoms with Gasteiger partial charge in [0.2, 0.25) is 0 Å². The lowest BCUT2D eigenvalue weighted by atomic mass is 10.0. The number of nitrogens with one attached hydrogen (secondary N) is 2. The van der Waals surface area contributed by atoms with Crippen molar-refractivity contribution >= 4 is 0 Å². The molecule has 4 N–H and O–H groups in total. The molecule has 0 spiro atoms. The highest BCUT2D eigenvalue weighted by Crippen LogP contribution is 2.31. The second-order valence-electron chi connectivity index (χ2n) is 3.42. The van der Waals surface area contributed by atoms with E-state index in [9.17, 15) is 4.79 Å². The Balaban J connectivity index is 2.24. The maximum Gasteiger partial charge on any atom is 0.264 e. The van der Waals surface area contributed by atoms with Crippen LogP contribution in [0.25, 0.3) is 0 Å². The van der Waals surface area contributed by atoms with Crippen molar-refractivity contribution in [1.82, 2.24) is 10.2 Å². The zero-order chi connectivity index (χ0) is 8.55. The molecule has 0 radical (unpaired) electrons. The van der Waals surface area contributed by atoms with E-state index in [4.69, 9.17) is 5.73 Å².